The van der Waals surface area contributed by atoms with Crippen LogP contribution < -0.4 is 10.6 Å². The van der Waals surface area contributed by atoms with E-state index in [9.17, 15) is 13.2 Å². The average Bonchev–Trinajstić information content (AvgIpc) is 2.28. The Kier molecular flexibility index (Phi) is 5.33. The molecular weight excluding hydrogens is 245 g/mol. The van der Waals surface area contributed by atoms with Crippen molar-refractivity contribution in [3.8, 4) is 0 Å². The van der Waals surface area contributed by atoms with E-state index < -0.39 is 12.7 Å². The van der Waals surface area contributed by atoms with Crippen LogP contribution in [0.25, 0.3) is 0 Å². The Hall–Kier alpha value is -1.37. The Morgan fingerprint density at radius 2 is 2.06 bits per heavy atom. The van der Waals surface area contributed by atoms with Crippen molar-refractivity contribution < 1.29 is 13.2 Å². The summed E-state index contributed by atoms with van der Waals surface area (Å²) in [6, 6.07) is 1.59. The normalized spacial score (nSPS) is 11.6. The van der Waals surface area contributed by atoms with Crippen molar-refractivity contribution in [2.24, 2.45) is 5.73 Å². The minimum atomic E-state index is -4.27. The summed E-state index contributed by atoms with van der Waals surface area (Å²) in [5, 5.41) is 0. The molecule has 0 saturated heterocycles. The Labute approximate surface area is 104 Å². The van der Waals surface area contributed by atoms with Crippen LogP contribution >= 0.6 is 0 Å². The van der Waals surface area contributed by atoms with Crippen molar-refractivity contribution in [3.05, 3.63) is 18.1 Å². The van der Waals surface area contributed by atoms with Crippen LogP contribution in [0.2, 0.25) is 0 Å². The Morgan fingerprint density at radius 3 is 2.61 bits per heavy atom. The molecule has 0 aromatic carbocycles. The first-order chi connectivity index (χ1) is 8.46. The first kappa shape index (κ1) is 14.7. The lowest BCUT2D eigenvalue weighted by Gasteiger charge is -2.24. The predicted molar refractivity (Wildman–Crippen MR) is 63.3 cm³/mol. The van der Waals surface area contributed by atoms with Gasteiger partial charge in [0.15, 0.2) is 0 Å². The van der Waals surface area contributed by atoms with Crippen LogP contribution in [0.5, 0.6) is 0 Å². The molecule has 7 heteroatoms. The summed E-state index contributed by atoms with van der Waals surface area (Å²) in [5.41, 5.74) is 6.07. The maximum atomic E-state index is 12.4. The fraction of sp³-hybridized carbons (Fsp3) is 0.636. The summed E-state index contributed by atoms with van der Waals surface area (Å²) in [6.07, 6.45) is -1.38. The van der Waals surface area contributed by atoms with E-state index in [4.69, 9.17) is 5.73 Å². The highest BCUT2D eigenvalue weighted by Gasteiger charge is 2.31. The second-order valence-electron chi connectivity index (χ2n) is 3.94. The number of nitrogens with zero attached hydrogens (tertiary/aromatic N) is 3. The van der Waals surface area contributed by atoms with Crippen molar-refractivity contribution in [1.82, 2.24) is 9.97 Å². The number of anilines is 1. The van der Waals surface area contributed by atoms with Gasteiger partial charge in [-0.15, -0.1) is 0 Å². The van der Waals surface area contributed by atoms with Crippen molar-refractivity contribution in [2.45, 2.75) is 25.9 Å². The molecule has 0 aliphatic carbocycles. The molecule has 0 radical (unpaired) electrons. The molecule has 102 valence electrons. The van der Waals surface area contributed by atoms with Gasteiger partial charge in [0, 0.05) is 24.8 Å². The fourth-order valence-electron chi connectivity index (χ4n) is 1.60. The van der Waals surface area contributed by atoms with E-state index in [2.05, 4.69) is 9.97 Å². The molecular formula is C11H17F3N4. The van der Waals surface area contributed by atoms with E-state index >= 15 is 0 Å². The quantitative estimate of drug-likeness (QED) is 0.848. The van der Waals surface area contributed by atoms with Gasteiger partial charge in [-0.1, -0.05) is 13.3 Å². The fourth-order valence-corrected chi connectivity index (χ4v) is 1.60. The topological polar surface area (TPSA) is 55.0 Å². The molecule has 1 heterocycles. The van der Waals surface area contributed by atoms with Gasteiger partial charge >= 0.3 is 6.18 Å². The van der Waals surface area contributed by atoms with Gasteiger partial charge < -0.3 is 10.6 Å². The van der Waals surface area contributed by atoms with Gasteiger partial charge in [0.25, 0.3) is 0 Å². The highest BCUT2D eigenvalue weighted by molar-refractivity contribution is 5.39. The molecule has 0 aliphatic rings. The van der Waals surface area contributed by atoms with Gasteiger partial charge in [-0.25, -0.2) is 9.97 Å². The third-order valence-electron chi connectivity index (χ3n) is 2.31. The van der Waals surface area contributed by atoms with E-state index in [-0.39, 0.29) is 18.9 Å². The molecule has 1 rings (SSSR count). The van der Waals surface area contributed by atoms with E-state index in [1.807, 2.05) is 6.92 Å². The van der Waals surface area contributed by atoms with Crippen molar-refractivity contribution in [2.75, 3.05) is 24.5 Å². The van der Waals surface area contributed by atoms with Crippen LogP contribution in [0.15, 0.2) is 12.4 Å². The standard InChI is InChI=1S/C11H17F3N4/c1-2-3-9-6-10(17-8-16-9)18(5-4-15)7-11(12,13)14/h6,8H,2-5,7,15H2,1H3. The lowest BCUT2D eigenvalue weighted by molar-refractivity contribution is -0.119. The van der Waals surface area contributed by atoms with Crippen LogP contribution in [0.4, 0.5) is 19.0 Å². The number of halogens is 3. The van der Waals surface area contributed by atoms with Crippen molar-refractivity contribution in [1.29, 1.82) is 0 Å². The number of aromatic nitrogens is 2. The predicted octanol–water partition coefficient (Wildman–Crippen LogP) is 1.76. The Bertz CT molecular complexity index is 368. The van der Waals surface area contributed by atoms with Gasteiger partial charge in [0.2, 0.25) is 0 Å². The highest BCUT2D eigenvalue weighted by Crippen LogP contribution is 2.20. The number of aryl methyl sites for hydroxylation is 1. The SMILES string of the molecule is CCCc1cc(N(CCN)CC(F)(F)F)ncn1. The zero-order valence-electron chi connectivity index (χ0n) is 10.2. The summed E-state index contributed by atoms with van der Waals surface area (Å²) in [5.74, 6) is 0.274. The lowest BCUT2D eigenvalue weighted by atomic mass is 10.2. The van der Waals surface area contributed by atoms with Gasteiger partial charge in [0.1, 0.15) is 18.7 Å². The first-order valence-electron chi connectivity index (χ1n) is 5.79. The summed E-state index contributed by atoms with van der Waals surface area (Å²) < 4.78 is 37.3. The molecule has 18 heavy (non-hydrogen) atoms. The zero-order chi connectivity index (χ0) is 13.6. The van der Waals surface area contributed by atoms with Crippen LogP contribution in [0.1, 0.15) is 19.0 Å². The third-order valence-corrected chi connectivity index (χ3v) is 2.31. The molecule has 0 atom stereocenters. The second-order valence-corrected chi connectivity index (χ2v) is 3.94. The minimum Gasteiger partial charge on any atom is -0.346 e. The van der Waals surface area contributed by atoms with Crippen LogP contribution in [0, 0.1) is 0 Å². The van der Waals surface area contributed by atoms with Crippen molar-refractivity contribution in [3.63, 3.8) is 0 Å². The molecule has 1 aromatic rings. The van der Waals surface area contributed by atoms with E-state index in [0.29, 0.717) is 0 Å². The summed E-state index contributed by atoms with van der Waals surface area (Å²) in [4.78, 5) is 9.03. The summed E-state index contributed by atoms with van der Waals surface area (Å²) in [7, 11) is 0. The maximum Gasteiger partial charge on any atom is 0.405 e. The monoisotopic (exact) mass is 262 g/mol. The molecule has 4 nitrogen and oxygen atoms in total. The van der Waals surface area contributed by atoms with Gasteiger partial charge in [-0.05, 0) is 6.42 Å². The Morgan fingerprint density at radius 1 is 1.33 bits per heavy atom. The number of nitrogens with two attached hydrogens (primary N) is 1. The highest BCUT2D eigenvalue weighted by atomic mass is 19.4. The van der Waals surface area contributed by atoms with Crippen LogP contribution in [0.3, 0.4) is 0 Å². The van der Waals surface area contributed by atoms with Gasteiger partial charge in [0.05, 0.1) is 0 Å². The summed E-state index contributed by atoms with van der Waals surface area (Å²) >= 11 is 0. The summed E-state index contributed by atoms with van der Waals surface area (Å²) in [6.45, 7) is 1.19. The lowest BCUT2D eigenvalue weighted by Crippen LogP contribution is -2.38. The van der Waals surface area contributed by atoms with E-state index in [0.717, 1.165) is 23.4 Å². The molecule has 0 unspecified atom stereocenters. The number of hydrogen-bond acceptors (Lipinski definition) is 4. The van der Waals surface area contributed by atoms with E-state index in [1.54, 1.807) is 6.07 Å². The maximum absolute atomic E-state index is 12.4. The molecule has 1 aromatic heterocycles. The minimum absolute atomic E-state index is 0.113. The zero-order valence-corrected chi connectivity index (χ0v) is 10.2. The molecule has 0 amide bonds. The van der Waals surface area contributed by atoms with Gasteiger partial charge in [-0.2, -0.15) is 13.2 Å². The first-order valence-corrected chi connectivity index (χ1v) is 5.79. The number of rotatable bonds is 6. The smallest absolute Gasteiger partial charge is 0.346 e. The van der Waals surface area contributed by atoms with Gasteiger partial charge in [-0.3, -0.25) is 0 Å². The molecule has 0 fully saturated rings. The Balaban J connectivity index is 2.87. The van der Waals surface area contributed by atoms with Crippen LogP contribution in [-0.4, -0.2) is 35.8 Å². The largest absolute Gasteiger partial charge is 0.405 e. The molecule has 0 bridgehead atoms. The third kappa shape index (κ3) is 4.87. The average molecular weight is 262 g/mol. The van der Waals surface area contributed by atoms with E-state index in [1.165, 1.54) is 6.33 Å². The molecule has 0 saturated carbocycles. The van der Waals surface area contributed by atoms with Crippen molar-refractivity contribution >= 4 is 5.82 Å². The number of alkyl halides is 3. The molecule has 0 aliphatic heterocycles. The van der Waals surface area contributed by atoms with Crippen LogP contribution in [-0.2, 0) is 6.42 Å². The second kappa shape index (κ2) is 6.53. The molecule has 2 N–H and O–H groups in total. The molecule has 0 spiro atoms. The number of hydrogen-bond donors (Lipinski definition) is 1.